The molecule has 126 valence electrons. The predicted octanol–water partition coefficient (Wildman–Crippen LogP) is 4.11. The first kappa shape index (κ1) is 19.9. The lowest BCUT2D eigenvalue weighted by molar-refractivity contribution is 0.600. The minimum absolute atomic E-state index is 0. The average molecular weight is 447 g/mol. The highest BCUT2D eigenvalue weighted by Gasteiger charge is 2.08. The number of hydrogen-bond donors (Lipinski definition) is 2. The summed E-state index contributed by atoms with van der Waals surface area (Å²) in [5.41, 5.74) is 0.631. The summed E-state index contributed by atoms with van der Waals surface area (Å²) in [6, 6.07) is 11.3. The van der Waals surface area contributed by atoms with Gasteiger partial charge in [0.05, 0.1) is 0 Å². The zero-order valence-corrected chi connectivity index (χ0v) is 16.7. The van der Waals surface area contributed by atoms with E-state index in [1.807, 2.05) is 17.4 Å². The van der Waals surface area contributed by atoms with Crippen molar-refractivity contribution in [1.82, 2.24) is 10.6 Å². The van der Waals surface area contributed by atoms with Crippen LogP contribution in [0.5, 0.6) is 0 Å². The normalized spacial score (nSPS) is 12.4. The summed E-state index contributed by atoms with van der Waals surface area (Å²) >= 11 is 1.81. The lowest BCUT2D eigenvalue weighted by atomic mass is 10.2. The Morgan fingerprint density at radius 1 is 1.26 bits per heavy atom. The first-order chi connectivity index (χ1) is 10.6. The van der Waals surface area contributed by atoms with Crippen LogP contribution in [-0.2, 0) is 13.0 Å². The molecule has 0 spiro atoms. The van der Waals surface area contributed by atoms with Crippen LogP contribution < -0.4 is 10.6 Å². The SMILES string of the molecule is CN=C(NCc1ccccc1F)NC(C)Cc1ccc(C)s1.I. The molecule has 2 N–H and O–H groups in total. The Hall–Kier alpha value is -1.15. The van der Waals surface area contributed by atoms with Crippen molar-refractivity contribution in [3.05, 3.63) is 57.5 Å². The number of aryl methyl sites for hydroxylation is 1. The molecule has 1 aromatic carbocycles. The quantitative estimate of drug-likeness (QED) is 0.411. The number of aliphatic imine (C=N–C) groups is 1. The van der Waals surface area contributed by atoms with Crippen molar-refractivity contribution >= 4 is 41.3 Å². The van der Waals surface area contributed by atoms with Crippen molar-refractivity contribution < 1.29 is 4.39 Å². The topological polar surface area (TPSA) is 36.4 Å². The van der Waals surface area contributed by atoms with E-state index in [-0.39, 0.29) is 35.8 Å². The second kappa shape index (κ2) is 9.87. The third-order valence-electron chi connectivity index (χ3n) is 3.31. The molecule has 1 atom stereocenters. The third kappa shape index (κ3) is 6.47. The third-order valence-corrected chi connectivity index (χ3v) is 4.34. The maximum atomic E-state index is 13.6. The van der Waals surface area contributed by atoms with Crippen molar-refractivity contribution in [2.75, 3.05) is 7.05 Å². The molecule has 3 nitrogen and oxygen atoms in total. The molecule has 1 unspecified atom stereocenters. The van der Waals surface area contributed by atoms with Crippen LogP contribution in [0.4, 0.5) is 4.39 Å². The first-order valence-corrected chi connectivity index (χ1v) is 8.16. The highest BCUT2D eigenvalue weighted by Crippen LogP contribution is 2.16. The molecule has 0 bridgehead atoms. The predicted molar refractivity (Wildman–Crippen MR) is 107 cm³/mol. The molecule has 0 aliphatic rings. The molecule has 0 saturated carbocycles. The van der Waals surface area contributed by atoms with Gasteiger partial charge in [-0.2, -0.15) is 0 Å². The smallest absolute Gasteiger partial charge is 0.191 e. The molecule has 1 heterocycles. The van der Waals surface area contributed by atoms with Crippen molar-refractivity contribution in [3.63, 3.8) is 0 Å². The number of nitrogens with zero attached hydrogens (tertiary/aromatic N) is 1. The zero-order chi connectivity index (χ0) is 15.9. The van der Waals surface area contributed by atoms with Crippen LogP contribution >= 0.6 is 35.3 Å². The van der Waals surface area contributed by atoms with Gasteiger partial charge < -0.3 is 10.6 Å². The molecule has 0 radical (unpaired) electrons. The molecular weight excluding hydrogens is 424 g/mol. The van der Waals surface area contributed by atoms with Gasteiger partial charge in [0.2, 0.25) is 0 Å². The van der Waals surface area contributed by atoms with Crippen molar-refractivity contribution in [3.8, 4) is 0 Å². The number of benzene rings is 1. The Bertz CT molecular complexity index is 642. The Morgan fingerprint density at radius 2 is 2.00 bits per heavy atom. The fraction of sp³-hybridized carbons (Fsp3) is 0.353. The number of thiophene rings is 1. The Balaban J connectivity index is 0.00000264. The van der Waals surface area contributed by atoms with E-state index in [0.717, 1.165) is 6.42 Å². The molecule has 2 aromatic rings. The van der Waals surface area contributed by atoms with Crippen LogP contribution in [0.2, 0.25) is 0 Å². The summed E-state index contributed by atoms with van der Waals surface area (Å²) in [6.45, 7) is 4.64. The number of nitrogens with one attached hydrogen (secondary N) is 2. The van der Waals surface area contributed by atoms with E-state index in [0.29, 0.717) is 18.1 Å². The average Bonchev–Trinajstić information content (AvgIpc) is 2.90. The van der Waals surface area contributed by atoms with E-state index in [9.17, 15) is 4.39 Å². The van der Waals surface area contributed by atoms with Crippen LogP contribution in [0, 0.1) is 12.7 Å². The number of hydrogen-bond acceptors (Lipinski definition) is 2. The van der Waals surface area contributed by atoms with Crippen molar-refractivity contribution in [1.29, 1.82) is 0 Å². The van der Waals surface area contributed by atoms with Crippen LogP contribution in [0.3, 0.4) is 0 Å². The van der Waals surface area contributed by atoms with Gasteiger partial charge in [-0.15, -0.1) is 35.3 Å². The van der Waals surface area contributed by atoms with Crippen molar-refractivity contribution in [2.45, 2.75) is 32.9 Å². The second-order valence-electron chi connectivity index (χ2n) is 5.28. The van der Waals surface area contributed by atoms with Crippen LogP contribution in [0.25, 0.3) is 0 Å². The maximum Gasteiger partial charge on any atom is 0.191 e. The monoisotopic (exact) mass is 447 g/mol. The van der Waals surface area contributed by atoms with Gasteiger partial charge >= 0.3 is 0 Å². The summed E-state index contributed by atoms with van der Waals surface area (Å²) in [5.74, 6) is 0.483. The number of guanidine groups is 1. The molecule has 0 aliphatic heterocycles. The Labute approximate surface area is 158 Å². The summed E-state index contributed by atoms with van der Waals surface area (Å²) in [5, 5.41) is 6.49. The minimum atomic E-state index is -0.201. The highest BCUT2D eigenvalue weighted by atomic mass is 127. The zero-order valence-electron chi connectivity index (χ0n) is 13.6. The standard InChI is InChI=1S/C17H22FN3S.HI/c1-12(10-15-9-8-13(2)22-15)21-17(19-3)20-11-14-6-4-5-7-16(14)18;/h4-9,12H,10-11H2,1-3H3,(H2,19,20,21);1H. The number of halogens is 2. The summed E-state index contributed by atoms with van der Waals surface area (Å²) in [7, 11) is 1.72. The summed E-state index contributed by atoms with van der Waals surface area (Å²) in [6.07, 6.45) is 0.943. The summed E-state index contributed by atoms with van der Waals surface area (Å²) < 4.78 is 13.6. The van der Waals surface area contributed by atoms with Gasteiger partial charge in [-0.05, 0) is 32.0 Å². The van der Waals surface area contributed by atoms with Gasteiger partial charge in [0.1, 0.15) is 5.82 Å². The van der Waals surface area contributed by atoms with E-state index in [2.05, 4.69) is 41.6 Å². The molecule has 0 amide bonds. The molecular formula is C17H23FIN3S. The molecule has 2 rings (SSSR count). The highest BCUT2D eigenvalue weighted by molar-refractivity contribution is 14.0. The lowest BCUT2D eigenvalue weighted by Crippen LogP contribution is -2.42. The van der Waals surface area contributed by atoms with Gasteiger partial charge in [0, 0.05) is 41.4 Å². The van der Waals surface area contributed by atoms with E-state index >= 15 is 0 Å². The molecule has 0 aliphatic carbocycles. The van der Waals surface area contributed by atoms with Gasteiger partial charge in [-0.25, -0.2) is 4.39 Å². The maximum absolute atomic E-state index is 13.6. The van der Waals surface area contributed by atoms with E-state index in [1.54, 1.807) is 19.2 Å². The molecule has 0 fully saturated rings. The van der Waals surface area contributed by atoms with Crippen LogP contribution in [0.15, 0.2) is 41.4 Å². The van der Waals surface area contributed by atoms with Crippen LogP contribution in [0.1, 0.15) is 22.2 Å². The molecule has 1 aromatic heterocycles. The van der Waals surface area contributed by atoms with Gasteiger partial charge in [0.25, 0.3) is 0 Å². The van der Waals surface area contributed by atoms with Gasteiger partial charge in [-0.3, -0.25) is 4.99 Å². The Kier molecular flexibility index (Phi) is 8.54. The fourth-order valence-corrected chi connectivity index (χ4v) is 3.22. The largest absolute Gasteiger partial charge is 0.354 e. The van der Waals surface area contributed by atoms with Gasteiger partial charge in [0.15, 0.2) is 5.96 Å². The van der Waals surface area contributed by atoms with Crippen LogP contribution in [-0.4, -0.2) is 19.0 Å². The second-order valence-corrected chi connectivity index (χ2v) is 6.65. The molecule has 23 heavy (non-hydrogen) atoms. The summed E-state index contributed by atoms with van der Waals surface area (Å²) in [4.78, 5) is 6.87. The van der Waals surface area contributed by atoms with E-state index < -0.39 is 0 Å². The van der Waals surface area contributed by atoms with E-state index in [4.69, 9.17) is 0 Å². The lowest BCUT2D eigenvalue weighted by Gasteiger charge is -2.17. The first-order valence-electron chi connectivity index (χ1n) is 7.34. The number of rotatable bonds is 5. The molecule has 0 saturated heterocycles. The van der Waals surface area contributed by atoms with Crippen molar-refractivity contribution in [2.24, 2.45) is 4.99 Å². The van der Waals surface area contributed by atoms with Gasteiger partial charge in [-0.1, -0.05) is 18.2 Å². The molecule has 6 heteroatoms. The minimum Gasteiger partial charge on any atom is -0.354 e. The van der Waals surface area contributed by atoms with E-state index in [1.165, 1.54) is 15.8 Å². The fourth-order valence-electron chi connectivity index (χ4n) is 2.20. The Morgan fingerprint density at radius 3 is 2.61 bits per heavy atom.